The highest BCUT2D eigenvalue weighted by Gasteiger charge is 2.27. The van der Waals surface area contributed by atoms with Crippen LogP contribution >= 0.6 is 0 Å². The Bertz CT molecular complexity index is 714. The molecule has 26 heavy (non-hydrogen) atoms. The van der Waals surface area contributed by atoms with Crippen molar-refractivity contribution in [2.75, 3.05) is 6.54 Å². The number of nitrogens with zero attached hydrogens (tertiary/aromatic N) is 1. The van der Waals surface area contributed by atoms with Crippen molar-refractivity contribution < 1.29 is 13.2 Å². The Morgan fingerprint density at radius 1 is 1.12 bits per heavy atom. The first-order valence-corrected chi connectivity index (χ1v) is 11.0. The van der Waals surface area contributed by atoms with Crippen LogP contribution in [0.2, 0.25) is 0 Å². The number of amides is 1. The number of fused-ring (bicyclic) bond motifs is 1. The van der Waals surface area contributed by atoms with Gasteiger partial charge < -0.3 is 0 Å². The number of nitrogens with one attached hydrogen (secondary N) is 1. The van der Waals surface area contributed by atoms with Gasteiger partial charge in [-0.2, -0.15) is 12.7 Å². The molecule has 0 unspecified atom stereocenters. The molecule has 0 bridgehead atoms. The minimum Gasteiger partial charge on any atom is -0.274 e. The second kappa shape index (κ2) is 10.5. The lowest BCUT2D eigenvalue weighted by Crippen LogP contribution is -2.45. The van der Waals surface area contributed by atoms with Gasteiger partial charge >= 0.3 is 10.2 Å². The molecular formula is C20H30N2O3S. The molecule has 0 saturated carbocycles. The zero-order valence-electron chi connectivity index (χ0n) is 15.6. The quantitative estimate of drug-likeness (QED) is 0.498. The van der Waals surface area contributed by atoms with Crippen LogP contribution in [-0.4, -0.2) is 25.2 Å². The van der Waals surface area contributed by atoms with E-state index in [1.807, 2.05) is 24.3 Å². The monoisotopic (exact) mass is 378 g/mol. The van der Waals surface area contributed by atoms with E-state index in [1.54, 1.807) is 0 Å². The van der Waals surface area contributed by atoms with E-state index < -0.39 is 16.1 Å². The molecule has 0 saturated heterocycles. The van der Waals surface area contributed by atoms with E-state index in [0.29, 0.717) is 25.9 Å². The summed E-state index contributed by atoms with van der Waals surface area (Å²) >= 11 is 0. The average molecular weight is 379 g/mol. The van der Waals surface area contributed by atoms with Crippen LogP contribution in [0.15, 0.2) is 36.4 Å². The highest BCUT2D eigenvalue weighted by Crippen LogP contribution is 2.20. The minimum absolute atomic E-state index is 0.225. The second-order valence-electron chi connectivity index (χ2n) is 6.74. The van der Waals surface area contributed by atoms with Crippen LogP contribution in [0.3, 0.4) is 0 Å². The fraction of sp³-hybridized carbons (Fsp3) is 0.550. The van der Waals surface area contributed by atoms with Crippen molar-refractivity contribution in [3.05, 3.63) is 47.5 Å². The summed E-state index contributed by atoms with van der Waals surface area (Å²) in [5.41, 5.74) is 2.18. The Morgan fingerprint density at radius 2 is 1.81 bits per heavy atom. The average Bonchev–Trinajstić information content (AvgIpc) is 2.63. The maximum Gasteiger partial charge on any atom is 0.304 e. The molecule has 1 heterocycles. The standard InChI is InChI=1S/C20H30N2O3S/c1-2-3-4-5-6-7-8-9-14-20(23)21-26(24,25)22-16-15-18-12-10-11-13-19(18)17-22/h6-7,10-13H,2-5,8-9,14-17H2,1H3,(H,21,23)/b7-6-. The maximum atomic E-state index is 12.4. The molecule has 0 spiro atoms. The molecule has 1 aromatic rings. The Labute approximate surface area is 157 Å². The first kappa shape index (κ1) is 20.6. The molecule has 1 aromatic carbocycles. The van der Waals surface area contributed by atoms with Crippen LogP contribution in [0.4, 0.5) is 0 Å². The molecule has 1 aliphatic heterocycles. The molecule has 0 atom stereocenters. The predicted molar refractivity (Wildman–Crippen MR) is 105 cm³/mol. The number of hydrogen-bond acceptors (Lipinski definition) is 3. The lowest BCUT2D eigenvalue weighted by atomic mass is 10.0. The zero-order valence-corrected chi connectivity index (χ0v) is 16.4. The summed E-state index contributed by atoms with van der Waals surface area (Å²) in [6.45, 7) is 2.90. The van der Waals surface area contributed by atoms with Crippen LogP contribution in [-0.2, 0) is 28.0 Å². The molecule has 6 heteroatoms. The van der Waals surface area contributed by atoms with E-state index in [2.05, 4.69) is 23.8 Å². The SMILES string of the molecule is CCCCC/C=C\CCCC(=O)NS(=O)(=O)N1CCc2ccccc2C1. The number of allylic oxidation sites excluding steroid dienone is 2. The van der Waals surface area contributed by atoms with E-state index in [1.165, 1.54) is 29.1 Å². The van der Waals surface area contributed by atoms with Gasteiger partial charge in [-0.3, -0.25) is 4.79 Å². The lowest BCUT2D eigenvalue weighted by Gasteiger charge is -2.27. The summed E-state index contributed by atoms with van der Waals surface area (Å²) in [4.78, 5) is 12.0. The number of hydrogen-bond donors (Lipinski definition) is 1. The Balaban J connectivity index is 1.72. The molecule has 1 amide bonds. The summed E-state index contributed by atoms with van der Waals surface area (Å²) < 4.78 is 28.4. The van der Waals surface area contributed by atoms with Gasteiger partial charge in [-0.25, -0.2) is 4.72 Å². The smallest absolute Gasteiger partial charge is 0.274 e. The Kier molecular flexibility index (Phi) is 8.32. The molecule has 0 radical (unpaired) electrons. The van der Waals surface area contributed by atoms with Crippen LogP contribution < -0.4 is 4.72 Å². The normalized spacial score (nSPS) is 15.1. The van der Waals surface area contributed by atoms with Gasteiger partial charge in [-0.15, -0.1) is 0 Å². The molecular weight excluding hydrogens is 348 g/mol. The van der Waals surface area contributed by atoms with E-state index in [0.717, 1.165) is 18.4 Å². The first-order valence-electron chi connectivity index (χ1n) is 9.55. The molecule has 1 aliphatic rings. The third-order valence-corrected chi connectivity index (χ3v) is 6.07. The fourth-order valence-electron chi connectivity index (χ4n) is 3.06. The second-order valence-corrected chi connectivity index (χ2v) is 8.41. The molecule has 144 valence electrons. The number of unbranched alkanes of at least 4 members (excludes halogenated alkanes) is 4. The van der Waals surface area contributed by atoms with Gasteiger partial charge in [0.1, 0.15) is 0 Å². The molecule has 5 nitrogen and oxygen atoms in total. The van der Waals surface area contributed by atoms with Crippen molar-refractivity contribution >= 4 is 16.1 Å². The molecule has 0 aliphatic carbocycles. The van der Waals surface area contributed by atoms with E-state index in [4.69, 9.17) is 0 Å². The number of rotatable bonds is 10. The van der Waals surface area contributed by atoms with E-state index >= 15 is 0 Å². The Hall–Kier alpha value is -1.66. The van der Waals surface area contributed by atoms with Gasteiger partial charge in [0.25, 0.3) is 0 Å². The van der Waals surface area contributed by atoms with Crippen molar-refractivity contribution in [2.45, 2.75) is 64.8 Å². The van der Waals surface area contributed by atoms with Gasteiger partial charge in [0.15, 0.2) is 0 Å². The largest absolute Gasteiger partial charge is 0.304 e. The highest BCUT2D eigenvalue weighted by atomic mass is 32.2. The minimum atomic E-state index is -3.77. The number of carbonyl (C=O) groups excluding carboxylic acids is 1. The van der Waals surface area contributed by atoms with Crippen molar-refractivity contribution in [3.63, 3.8) is 0 Å². The third-order valence-electron chi connectivity index (χ3n) is 4.59. The van der Waals surface area contributed by atoms with Crippen LogP contribution in [0.5, 0.6) is 0 Å². The number of benzene rings is 1. The van der Waals surface area contributed by atoms with Crippen LogP contribution in [0, 0.1) is 0 Å². The van der Waals surface area contributed by atoms with Crippen LogP contribution in [0.25, 0.3) is 0 Å². The fourth-order valence-corrected chi connectivity index (χ4v) is 4.22. The van der Waals surface area contributed by atoms with Gasteiger partial charge in [0.05, 0.1) is 0 Å². The predicted octanol–water partition coefficient (Wildman–Crippen LogP) is 3.71. The highest BCUT2D eigenvalue weighted by molar-refractivity contribution is 7.87. The lowest BCUT2D eigenvalue weighted by molar-refractivity contribution is -0.119. The van der Waals surface area contributed by atoms with Gasteiger partial charge in [0.2, 0.25) is 5.91 Å². The van der Waals surface area contributed by atoms with Gasteiger partial charge in [-0.1, -0.05) is 56.2 Å². The maximum absolute atomic E-state index is 12.4. The van der Waals surface area contributed by atoms with E-state index in [9.17, 15) is 13.2 Å². The number of carbonyl (C=O) groups is 1. The summed E-state index contributed by atoms with van der Waals surface area (Å²) in [7, 11) is -3.77. The first-order chi connectivity index (χ1) is 12.5. The van der Waals surface area contributed by atoms with E-state index in [-0.39, 0.29) is 6.42 Å². The molecule has 0 fully saturated rings. The summed E-state index contributed by atoms with van der Waals surface area (Å²) in [6.07, 6.45) is 11.3. The van der Waals surface area contributed by atoms with Gasteiger partial charge in [0, 0.05) is 19.5 Å². The van der Waals surface area contributed by atoms with Crippen molar-refractivity contribution in [1.29, 1.82) is 0 Å². The molecule has 1 N–H and O–H groups in total. The van der Waals surface area contributed by atoms with Gasteiger partial charge in [-0.05, 0) is 43.2 Å². The summed E-state index contributed by atoms with van der Waals surface area (Å²) in [5.74, 6) is -0.428. The molecule has 2 rings (SSSR count). The Morgan fingerprint density at radius 3 is 2.54 bits per heavy atom. The van der Waals surface area contributed by atoms with Crippen molar-refractivity contribution in [2.24, 2.45) is 0 Å². The topological polar surface area (TPSA) is 66.5 Å². The summed E-state index contributed by atoms with van der Waals surface area (Å²) in [6, 6.07) is 7.83. The zero-order chi connectivity index (χ0) is 18.8. The van der Waals surface area contributed by atoms with Crippen molar-refractivity contribution in [3.8, 4) is 0 Å². The molecule has 0 aromatic heterocycles. The van der Waals surface area contributed by atoms with Crippen LogP contribution in [0.1, 0.15) is 63.0 Å². The summed E-state index contributed by atoms with van der Waals surface area (Å²) in [5, 5.41) is 0. The third kappa shape index (κ3) is 6.57. The van der Waals surface area contributed by atoms with Crippen molar-refractivity contribution in [1.82, 2.24) is 9.03 Å².